The van der Waals surface area contributed by atoms with Crippen molar-refractivity contribution in [1.29, 1.82) is 0 Å². The van der Waals surface area contributed by atoms with Crippen LogP contribution in [0.1, 0.15) is 40.0 Å². The van der Waals surface area contributed by atoms with E-state index in [2.05, 4.69) is 27.4 Å². The topological polar surface area (TPSA) is 27.7 Å². The van der Waals surface area contributed by atoms with Crippen molar-refractivity contribution < 1.29 is 13.3 Å². The van der Waals surface area contributed by atoms with E-state index in [1.807, 2.05) is 0 Å². The number of hydrogen-bond acceptors (Lipinski definition) is 3. The van der Waals surface area contributed by atoms with Gasteiger partial charge in [-0.25, -0.2) is 0 Å². The maximum atomic E-state index is 6.10. The predicted molar refractivity (Wildman–Crippen MR) is 64.7 cm³/mol. The third-order valence-corrected chi connectivity index (χ3v) is 5.47. The standard InChI is InChI=1S/C11H24O3Si/c1-7-11(8-2,9-3)14-15(10-4,12-5)13-6/h10H,4,7-9H2,1-3,5-6H3. The zero-order valence-electron chi connectivity index (χ0n) is 10.6. The monoisotopic (exact) mass is 232 g/mol. The minimum atomic E-state index is -2.65. The van der Waals surface area contributed by atoms with E-state index in [-0.39, 0.29) is 5.60 Å². The van der Waals surface area contributed by atoms with Gasteiger partial charge in [-0.3, -0.25) is 0 Å². The lowest BCUT2D eigenvalue weighted by molar-refractivity contribution is -0.0182. The fourth-order valence-electron chi connectivity index (χ4n) is 1.64. The first-order valence-electron chi connectivity index (χ1n) is 5.51. The van der Waals surface area contributed by atoms with E-state index in [4.69, 9.17) is 13.3 Å². The molecule has 0 saturated heterocycles. The molecule has 0 fully saturated rings. The van der Waals surface area contributed by atoms with Gasteiger partial charge in [0.1, 0.15) is 0 Å². The van der Waals surface area contributed by atoms with Crippen molar-refractivity contribution >= 4 is 8.80 Å². The molecule has 0 N–H and O–H groups in total. The Morgan fingerprint density at radius 1 is 1.07 bits per heavy atom. The van der Waals surface area contributed by atoms with Crippen LogP contribution in [0.2, 0.25) is 0 Å². The quantitative estimate of drug-likeness (QED) is 0.602. The summed E-state index contributed by atoms with van der Waals surface area (Å²) in [6, 6.07) is 0. The zero-order chi connectivity index (χ0) is 11.9. The van der Waals surface area contributed by atoms with Crippen molar-refractivity contribution in [2.24, 2.45) is 0 Å². The molecule has 0 saturated carbocycles. The Kier molecular flexibility index (Phi) is 6.36. The highest BCUT2D eigenvalue weighted by Crippen LogP contribution is 2.29. The molecule has 15 heavy (non-hydrogen) atoms. The van der Waals surface area contributed by atoms with Crippen molar-refractivity contribution in [2.45, 2.75) is 45.6 Å². The van der Waals surface area contributed by atoms with Crippen LogP contribution in [0.3, 0.4) is 0 Å². The third-order valence-electron chi connectivity index (χ3n) is 3.11. The Morgan fingerprint density at radius 3 is 1.67 bits per heavy atom. The van der Waals surface area contributed by atoms with E-state index < -0.39 is 8.80 Å². The molecule has 0 bridgehead atoms. The van der Waals surface area contributed by atoms with Gasteiger partial charge >= 0.3 is 8.80 Å². The van der Waals surface area contributed by atoms with Gasteiger partial charge in [-0.1, -0.05) is 27.4 Å². The van der Waals surface area contributed by atoms with Crippen LogP contribution in [-0.2, 0) is 13.3 Å². The van der Waals surface area contributed by atoms with Crippen molar-refractivity contribution in [3.05, 3.63) is 12.3 Å². The molecule has 0 rings (SSSR count). The van der Waals surface area contributed by atoms with Crippen LogP contribution < -0.4 is 0 Å². The molecule has 0 radical (unpaired) electrons. The predicted octanol–water partition coefficient (Wildman–Crippen LogP) is 2.93. The molecule has 0 aromatic carbocycles. The Labute approximate surface area is 94.8 Å². The SMILES string of the molecule is C=C[Si](OC)(OC)OC(CC)(CC)CC. The van der Waals surface area contributed by atoms with Gasteiger partial charge in [0, 0.05) is 14.2 Å². The molecule has 0 atom stereocenters. The highest BCUT2D eigenvalue weighted by atomic mass is 28.4. The average Bonchev–Trinajstić information content (AvgIpc) is 2.33. The first-order chi connectivity index (χ1) is 7.07. The van der Waals surface area contributed by atoms with Crippen molar-refractivity contribution in [1.82, 2.24) is 0 Å². The molecule has 0 spiro atoms. The van der Waals surface area contributed by atoms with Crippen LogP contribution >= 0.6 is 0 Å². The lowest BCUT2D eigenvalue weighted by atomic mass is 9.95. The lowest BCUT2D eigenvalue weighted by Gasteiger charge is -2.37. The van der Waals surface area contributed by atoms with Gasteiger partial charge in [0.15, 0.2) is 0 Å². The third kappa shape index (κ3) is 3.41. The lowest BCUT2D eigenvalue weighted by Crippen LogP contribution is -2.50. The van der Waals surface area contributed by atoms with Crippen LogP contribution in [0.5, 0.6) is 0 Å². The molecule has 0 aliphatic heterocycles. The maximum absolute atomic E-state index is 6.10. The summed E-state index contributed by atoms with van der Waals surface area (Å²) in [5.41, 5.74) is 1.54. The summed E-state index contributed by atoms with van der Waals surface area (Å²) in [7, 11) is 0.577. The Morgan fingerprint density at radius 2 is 1.47 bits per heavy atom. The van der Waals surface area contributed by atoms with E-state index in [1.165, 1.54) is 0 Å². The van der Waals surface area contributed by atoms with Gasteiger partial charge in [-0.05, 0) is 25.0 Å². The van der Waals surface area contributed by atoms with Gasteiger partial charge in [0.25, 0.3) is 0 Å². The van der Waals surface area contributed by atoms with E-state index in [0.717, 1.165) is 19.3 Å². The first-order valence-corrected chi connectivity index (χ1v) is 7.31. The summed E-state index contributed by atoms with van der Waals surface area (Å²) >= 11 is 0. The molecule has 4 heteroatoms. The number of rotatable bonds is 8. The average molecular weight is 232 g/mol. The van der Waals surface area contributed by atoms with Gasteiger partial charge < -0.3 is 13.3 Å². The minimum absolute atomic E-state index is 0.146. The van der Waals surface area contributed by atoms with Crippen LogP contribution in [0, 0.1) is 0 Å². The Balaban J connectivity index is 4.82. The molecule has 0 heterocycles. The molecule has 0 aliphatic rings. The second-order valence-electron chi connectivity index (χ2n) is 3.56. The Bertz CT molecular complexity index is 178. The van der Waals surface area contributed by atoms with Crippen LogP contribution in [-0.4, -0.2) is 28.6 Å². The molecule has 0 aliphatic carbocycles. The first kappa shape index (κ1) is 14.8. The largest absolute Gasteiger partial charge is 0.528 e. The zero-order valence-corrected chi connectivity index (χ0v) is 11.6. The van der Waals surface area contributed by atoms with Crippen molar-refractivity contribution in [3.8, 4) is 0 Å². The number of hydrogen-bond donors (Lipinski definition) is 0. The highest BCUT2D eigenvalue weighted by Gasteiger charge is 2.43. The summed E-state index contributed by atoms with van der Waals surface area (Å²) in [6.07, 6.45) is 2.86. The molecular weight excluding hydrogens is 208 g/mol. The summed E-state index contributed by atoms with van der Waals surface area (Å²) in [4.78, 5) is 0. The van der Waals surface area contributed by atoms with Crippen molar-refractivity contribution in [2.75, 3.05) is 14.2 Å². The second-order valence-corrected chi connectivity index (χ2v) is 6.20. The van der Waals surface area contributed by atoms with E-state index in [1.54, 1.807) is 19.9 Å². The van der Waals surface area contributed by atoms with E-state index in [0.29, 0.717) is 0 Å². The summed E-state index contributed by atoms with van der Waals surface area (Å²) in [5, 5.41) is 0. The van der Waals surface area contributed by atoms with Gasteiger partial charge in [0.2, 0.25) is 0 Å². The summed E-state index contributed by atoms with van der Waals surface area (Å²) in [5.74, 6) is 0. The van der Waals surface area contributed by atoms with E-state index in [9.17, 15) is 0 Å². The molecule has 0 unspecified atom stereocenters. The molecule has 0 aromatic heterocycles. The van der Waals surface area contributed by atoms with Crippen molar-refractivity contribution in [3.63, 3.8) is 0 Å². The minimum Gasteiger partial charge on any atom is -0.374 e. The fourth-order valence-corrected chi connectivity index (χ4v) is 3.43. The smallest absolute Gasteiger partial charge is 0.374 e. The molecule has 90 valence electrons. The van der Waals surface area contributed by atoms with Crippen LogP contribution in [0.15, 0.2) is 12.3 Å². The molecular formula is C11H24O3Si. The normalized spacial score (nSPS) is 12.9. The molecule has 0 aromatic rings. The van der Waals surface area contributed by atoms with Crippen LogP contribution in [0.4, 0.5) is 0 Å². The van der Waals surface area contributed by atoms with E-state index >= 15 is 0 Å². The fraction of sp³-hybridized carbons (Fsp3) is 0.818. The van der Waals surface area contributed by atoms with Crippen LogP contribution in [0.25, 0.3) is 0 Å². The summed E-state index contributed by atoms with van der Waals surface area (Å²) < 4.78 is 16.8. The second kappa shape index (κ2) is 6.43. The Hall–Kier alpha value is -0.163. The van der Waals surface area contributed by atoms with Gasteiger partial charge in [0.05, 0.1) is 5.60 Å². The van der Waals surface area contributed by atoms with Gasteiger partial charge in [-0.15, -0.1) is 0 Å². The highest BCUT2D eigenvalue weighted by molar-refractivity contribution is 6.66. The molecule has 3 nitrogen and oxygen atoms in total. The maximum Gasteiger partial charge on any atom is 0.528 e. The summed E-state index contributed by atoms with van der Waals surface area (Å²) in [6.45, 7) is 10.1. The molecule has 0 amide bonds. The van der Waals surface area contributed by atoms with Gasteiger partial charge in [-0.2, -0.15) is 0 Å².